The van der Waals surface area contributed by atoms with E-state index in [1.807, 2.05) is 0 Å². The van der Waals surface area contributed by atoms with Gasteiger partial charge in [-0.25, -0.2) is 0 Å². The van der Waals surface area contributed by atoms with Crippen LogP contribution in [0, 0.1) is 0 Å². The number of hydrogen-bond acceptors (Lipinski definition) is 1. The molecule has 1 saturated heterocycles. The molecule has 0 aliphatic carbocycles. The van der Waals surface area contributed by atoms with Gasteiger partial charge in [-0.15, -0.1) is 0 Å². The average Bonchev–Trinajstić information content (AvgIpc) is 3.06. The molecule has 0 N–H and O–H groups in total. The fraction of sp³-hybridized carbons (Fsp3) is 0.217. The van der Waals surface area contributed by atoms with Crippen molar-refractivity contribution in [2.75, 3.05) is 6.54 Å². The van der Waals surface area contributed by atoms with Crippen molar-refractivity contribution in [2.45, 2.75) is 23.8 Å². The second-order valence-electron chi connectivity index (χ2n) is 6.63. The van der Waals surface area contributed by atoms with E-state index >= 15 is 0 Å². The van der Waals surface area contributed by atoms with Gasteiger partial charge in [0.15, 0.2) is 0 Å². The van der Waals surface area contributed by atoms with E-state index in [2.05, 4.69) is 95.9 Å². The Labute approximate surface area is 156 Å². The van der Waals surface area contributed by atoms with Gasteiger partial charge in [-0.05, 0) is 0 Å². The monoisotopic (exact) mass is 393 g/mol. The summed E-state index contributed by atoms with van der Waals surface area (Å²) in [4.78, 5) is 3.46. The van der Waals surface area contributed by atoms with Gasteiger partial charge in [0.2, 0.25) is 0 Å². The molecule has 0 radical (unpaired) electrons. The molecule has 0 bridgehead atoms. The third-order valence-electron chi connectivity index (χ3n) is 4.82. The van der Waals surface area contributed by atoms with Crippen LogP contribution in [-0.4, -0.2) is 26.4 Å². The van der Waals surface area contributed by atoms with Crippen LogP contribution in [0.4, 0.5) is 0 Å². The van der Waals surface area contributed by atoms with Crippen molar-refractivity contribution < 1.29 is 0 Å². The second-order valence-corrected chi connectivity index (χ2v) is 9.51. The first-order valence-corrected chi connectivity index (χ1v) is 10.8. The van der Waals surface area contributed by atoms with Crippen LogP contribution in [0.15, 0.2) is 91.0 Å². The van der Waals surface area contributed by atoms with E-state index < -0.39 is 0 Å². The van der Waals surface area contributed by atoms with Crippen molar-refractivity contribution in [3.63, 3.8) is 0 Å². The molecule has 0 spiro atoms. The summed E-state index contributed by atoms with van der Waals surface area (Å²) in [6.45, 7) is 2.24. The normalized spacial score (nSPS) is 20.6. The zero-order chi connectivity index (χ0) is 16.9. The quantitative estimate of drug-likeness (QED) is 0.580. The molecular formula is C23H23NSe. The van der Waals surface area contributed by atoms with E-state index in [1.165, 1.54) is 28.6 Å². The molecule has 1 aliphatic heterocycles. The van der Waals surface area contributed by atoms with Crippen molar-refractivity contribution in [1.82, 2.24) is 4.90 Å². The van der Waals surface area contributed by atoms with Gasteiger partial charge in [-0.1, -0.05) is 0 Å². The van der Waals surface area contributed by atoms with Crippen LogP contribution in [0.2, 0.25) is 4.82 Å². The SMILES string of the molecule is c1ccc(CN2C[C@H]([Se]c3ccccc3)C[C@H]2c2ccccc2)cc1. The van der Waals surface area contributed by atoms with Gasteiger partial charge in [0, 0.05) is 0 Å². The van der Waals surface area contributed by atoms with Crippen molar-refractivity contribution >= 4 is 19.4 Å². The van der Waals surface area contributed by atoms with E-state index in [0.717, 1.165) is 11.4 Å². The first-order valence-electron chi connectivity index (χ1n) is 8.93. The number of rotatable bonds is 5. The van der Waals surface area contributed by atoms with Gasteiger partial charge < -0.3 is 0 Å². The number of hydrogen-bond donors (Lipinski definition) is 0. The predicted molar refractivity (Wildman–Crippen MR) is 106 cm³/mol. The van der Waals surface area contributed by atoms with E-state index in [-0.39, 0.29) is 0 Å². The Balaban J connectivity index is 1.53. The van der Waals surface area contributed by atoms with Crippen molar-refractivity contribution in [1.29, 1.82) is 0 Å². The van der Waals surface area contributed by atoms with Gasteiger partial charge >= 0.3 is 157 Å². The average molecular weight is 392 g/mol. The Bertz CT molecular complexity index is 773. The molecular weight excluding hydrogens is 369 g/mol. The Kier molecular flexibility index (Phi) is 5.32. The first kappa shape index (κ1) is 16.6. The van der Waals surface area contributed by atoms with Gasteiger partial charge in [-0.3, -0.25) is 0 Å². The number of nitrogens with zero attached hydrogens (tertiary/aromatic N) is 1. The van der Waals surface area contributed by atoms with Crippen molar-refractivity contribution in [3.05, 3.63) is 102 Å². The maximum atomic E-state index is 2.68. The third kappa shape index (κ3) is 4.22. The number of benzene rings is 3. The summed E-state index contributed by atoms with van der Waals surface area (Å²) < 4.78 is 1.52. The summed E-state index contributed by atoms with van der Waals surface area (Å²) in [6.07, 6.45) is 1.27. The van der Waals surface area contributed by atoms with Gasteiger partial charge in [0.05, 0.1) is 0 Å². The molecule has 3 aromatic carbocycles. The van der Waals surface area contributed by atoms with Crippen molar-refractivity contribution in [2.24, 2.45) is 0 Å². The van der Waals surface area contributed by atoms with Crippen LogP contribution in [0.5, 0.6) is 0 Å². The van der Waals surface area contributed by atoms with Crippen LogP contribution in [0.3, 0.4) is 0 Å². The molecule has 0 aromatic heterocycles. The van der Waals surface area contributed by atoms with E-state index in [4.69, 9.17) is 0 Å². The van der Waals surface area contributed by atoms with Gasteiger partial charge in [-0.2, -0.15) is 0 Å². The molecule has 4 rings (SSSR count). The zero-order valence-corrected chi connectivity index (χ0v) is 16.0. The summed E-state index contributed by atoms with van der Waals surface area (Å²) in [6, 6.07) is 33.5. The summed E-state index contributed by atoms with van der Waals surface area (Å²) in [5, 5.41) is 0. The molecule has 0 saturated carbocycles. The zero-order valence-electron chi connectivity index (χ0n) is 14.3. The van der Waals surface area contributed by atoms with Gasteiger partial charge in [0.1, 0.15) is 0 Å². The molecule has 1 nitrogen and oxygen atoms in total. The fourth-order valence-electron chi connectivity index (χ4n) is 3.65. The minimum atomic E-state index is 0.539. The van der Waals surface area contributed by atoms with E-state index in [1.54, 1.807) is 0 Å². The third-order valence-corrected chi connectivity index (χ3v) is 7.38. The molecule has 126 valence electrons. The molecule has 1 heterocycles. The van der Waals surface area contributed by atoms with Crippen LogP contribution >= 0.6 is 0 Å². The topological polar surface area (TPSA) is 3.24 Å². The summed E-state index contributed by atoms with van der Waals surface area (Å²) in [5.41, 5.74) is 2.88. The molecule has 2 heteroatoms. The molecule has 0 amide bonds. The molecule has 25 heavy (non-hydrogen) atoms. The Morgan fingerprint density at radius 1 is 0.760 bits per heavy atom. The Morgan fingerprint density at radius 2 is 1.36 bits per heavy atom. The van der Waals surface area contributed by atoms with Crippen LogP contribution in [0.1, 0.15) is 23.6 Å². The first-order chi connectivity index (χ1) is 12.4. The molecule has 1 aliphatic rings. The van der Waals surface area contributed by atoms with Crippen LogP contribution in [0.25, 0.3) is 0 Å². The van der Waals surface area contributed by atoms with Gasteiger partial charge in [0.25, 0.3) is 0 Å². The molecule has 0 unspecified atom stereocenters. The molecule has 3 aromatic rings. The Morgan fingerprint density at radius 3 is 2.04 bits per heavy atom. The van der Waals surface area contributed by atoms with Crippen LogP contribution in [-0.2, 0) is 6.54 Å². The predicted octanol–water partition coefficient (Wildman–Crippen LogP) is 4.45. The van der Waals surface area contributed by atoms with E-state index in [0.29, 0.717) is 21.0 Å². The fourth-order valence-corrected chi connectivity index (χ4v) is 6.26. The standard InChI is InChI=1S/C23H23NSe/c1-4-10-19(11-5-1)17-24-18-22(25-21-14-8-3-9-15-21)16-23(24)20-12-6-2-7-13-20/h1-15,22-23H,16-18H2/t22-,23+/m1/s1. The molecule has 2 atom stereocenters. The van der Waals surface area contributed by atoms with Crippen LogP contribution < -0.4 is 4.46 Å². The molecule has 1 fully saturated rings. The van der Waals surface area contributed by atoms with E-state index in [9.17, 15) is 0 Å². The summed E-state index contributed by atoms with van der Waals surface area (Å²) in [5.74, 6) is 0. The Hall–Kier alpha value is -1.86. The summed E-state index contributed by atoms with van der Waals surface area (Å²) in [7, 11) is 0. The number of likely N-dealkylation sites (tertiary alicyclic amines) is 1. The van der Waals surface area contributed by atoms with Crippen molar-refractivity contribution in [3.8, 4) is 0 Å². The second kappa shape index (κ2) is 8.01. The summed E-state index contributed by atoms with van der Waals surface area (Å²) >= 11 is 0.541. The minimum absolute atomic E-state index is 0.539. The maximum absolute atomic E-state index is 2.68.